The Morgan fingerprint density at radius 2 is 1.72 bits per heavy atom. The van der Waals surface area contributed by atoms with Crippen molar-refractivity contribution in [2.45, 2.75) is 58.0 Å². The number of hydrogen-bond donors (Lipinski definition) is 0. The molecule has 2 aliphatic rings. The maximum absolute atomic E-state index is 5.52. The van der Waals surface area contributed by atoms with Crippen molar-refractivity contribution in [3.63, 3.8) is 0 Å². The molecular weight excluding hydrogens is 224 g/mol. The highest BCUT2D eigenvalue weighted by Gasteiger charge is 2.45. The van der Waals surface area contributed by atoms with E-state index in [-0.39, 0.29) is 0 Å². The Morgan fingerprint density at radius 1 is 1.06 bits per heavy atom. The molecule has 0 saturated carbocycles. The van der Waals surface area contributed by atoms with Gasteiger partial charge in [-0.1, -0.05) is 20.8 Å². The smallest absolute Gasteiger partial charge is 0.0594 e. The third-order valence-electron chi connectivity index (χ3n) is 5.25. The molecule has 2 aliphatic heterocycles. The second kappa shape index (κ2) is 6.36. The van der Waals surface area contributed by atoms with Crippen LogP contribution in [0.15, 0.2) is 0 Å². The van der Waals surface area contributed by atoms with Gasteiger partial charge in [0.15, 0.2) is 0 Å². The van der Waals surface area contributed by atoms with Crippen molar-refractivity contribution in [2.24, 2.45) is 0 Å². The standard InChI is InChI=1S/C15H30N2O/c1-4-15(5-2)14(8-7-9-17(15)6-3)16-10-12-18-13-11-16/h14H,4-13H2,1-3H3. The average Bonchev–Trinajstić information content (AvgIpc) is 2.47. The number of rotatable bonds is 4. The minimum Gasteiger partial charge on any atom is -0.379 e. The first kappa shape index (κ1) is 14.3. The second-order valence-corrected chi connectivity index (χ2v) is 5.70. The predicted molar refractivity (Wildman–Crippen MR) is 76.0 cm³/mol. The quantitative estimate of drug-likeness (QED) is 0.766. The summed E-state index contributed by atoms with van der Waals surface area (Å²) in [5.74, 6) is 0. The fourth-order valence-electron chi connectivity index (χ4n) is 4.23. The van der Waals surface area contributed by atoms with Gasteiger partial charge in [0.1, 0.15) is 0 Å². The summed E-state index contributed by atoms with van der Waals surface area (Å²) < 4.78 is 5.52. The van der Waals surface area contributed by atoms with Gasteiger partial charge in [0.05, 0.1) is 13.2 Å². The van der Waals surface area contributed by atoms with Crippen molar-refractivity contribution in [2.75, 3.05) is 39.4 Å². The number of morpholine rings is 1. The Hall–Kier alpha value is -0.120. The van der Waals surface area contributed by atoms with Gasteiger partial charge in [-0.25, -0.2) is 0 Å². The summed E-state index contributed by atoms with van der Waals surface area (Å²) >= 11 is 0. The maximum Gasteiger partial charge on any atom is 0.0594 e. The summed E-state index contributed by atoms with van der Waals surface area (Å²) in [6.07, 6.45) is 5.29. The van der Waals surface area contributed by atoms with E-state index in [1.165, 1.54) is 38.8 Å². The van der Waals surface area contributed by atoms with Crippen LogP contribution < -0.4 is 0 Å². The van der Waals surface area contributed by atoms with Crippen molar-refractivity contribution in [3.05, 3.63) is 0 Å². The molecule has 0 aromatic rings. The number of likely N-dealkylation sites (tertiary alicyclic amines) is 1. The largest absolute Gasteiger partial charge is 0.379 e. The third-order valence-corrected chi connectivity index (χ3v) is 5.25. The van der Waals surface area contributed by atoms with E-state index >= 15 is 0 Å². The minimum atomic E-state index is 0.407. The Bertz CT molecular complexity index is 247. The summed E-state index contributed by atoms with van der Waals surface area (Å²) in [6.45, 7) is 13.7. The number of likely N-dealkylation sites (N-methyl/N-ethyl adjacent to an activating group) is 1. The van der Waals surface area contributed by atoms with Crippen molar-refractivity contribution < 1.29 is 4.74 Å². The average molecular weight is 254 g/mol. The van der Waals surface area contributed by atoms with Crippen LogP contribution in [-0.2, 0) is 4.74 Å². The van der Waals surface area contributed by atoms with Crippen LogP contribution in [0.2, 0.25) is 0 Å². The molecule has 0 aromatic carbocycles. The van der Waals surface area contributed by atoms with E-state index in [0.29, 0.717) is 5.54 Å². The van der Waals surface area contributed by atoms with Crippen molar-refractivity contribution in [1.29, 1.82) is 0 Å². The van der Waals surface area contributed by atoms with Crippen LogP contribution in [0.1, 0.15) is 46.5 Å². The molecule has 1 atom stereocenters. The van der Waals surface area contributed by atoms with E-state index in [9.17, 15) is 0 Å². The molecule has 3 nitrogen and oxygen atoms in total. The van der Waals surface area contributed by atoms with Crippen LogP contribution in [0.4, 0.5) is 0 Å². The normalized spacial score (nSPS) is 30.5. The number of piperidine rings is 1. The van der Waals surface area contributed by atoms with Crippen LogP contribution in [0.5, 0.6) is 0 Å². The molecule has 0 spiro atoms. The molecule has 0 amide bonds. The SMILES string of the molecule is CCN1CCCC(N2CCOCC2)C1(CC)CC. The van der Waals surface area contributed by atoms with Gasteiger partial charge in [-0.3, -0.25) is 9.80 Å². The van der Waals surface area contributed by atoms with E-state index in [1.807, 2.05) is 0 Å². The lowest BCUT2D eigenvalue weighted by molar-refractivity contribution is -0.0728. The summed E-state index contributed by atoms with van der Waals surface area (Å²) in [7, 11) is 0. The Morgan fingerprint density at radius 3 is 2.28 bits per heavy atom. The molecule has 1 unspecified atom stereocenters. The van der Waals surface area contributed by atoms with Crippen LogP contribution in [0.25, 0.3) is 0 Å². The maximum atomic E-state index is 5.52. The Labute approximate surface area is 112 Å². The van der Waals surface area contributed by atoms with E-state index in [1.54, 1.807) is 0 Å². The Balaban J connectivity index is 2.18. The zero-order valence-corrected chi connectivity index (χ0v) is 12.5. The number of ether oxygens (including phenoxy) is 1. The van der Waals surface area contributed by atoms with Crippen LogP contribution in [0, 0.1) is 0 Å². The van der Waals surface area contributed by atoms with Crippen LogP contribution in [-0.4, -0.2) is 60.8 Å². The van der Waals surface area contributed by atoms with Gasteiger partial charge in [-0.05, 0) is 38.8 Å². The molecule has 106 valence electrons. The highest BCUT2D eigenvalue weighted by Crippen LogP contribution is 2.37. The van der Waals surface area contributed by atoms with Gasteiger partial charge >= 0.3 is 0 Å². The van der Waals surface area contributed by atoms with Gasteiger partial charge in [0.2, 0.25) is 0 Å². The first-order valence-electron chi connectivity index (χ1n) is 7.85. The number of hydrogen-bond acceptors (Lipinski definition) is 3. The van der Waals surface area contributed by atoms with Crippen LogP contribution in [0.3, 0.4) is 0 Å². The predicted octanol–water partition coefficient (Wildman–Crippen LogP) is 2.36. The zero-order valence-electron chi connectivity index (χ0n) is 12.5. The molecule has 3 heteroatoms. The van der Waals surface area contributed by atoms with E-state index in [0.717, 1.165) is 32.3 Å². The molecule has 0 aromatic heterocycles. The molecule has 2 saturated heterocycles. The van der Waals surface area contributed by atoms with Crippen molar-refractivity contribution in [3.8, 4) is 0 Å². The second-order valence-electron chi connectivity index (χ2n) is 5.70. The van der Waals surface area contributed by atoms with Gasteiger partial charge in [-0.2, -0.15) is 0 Å². The monoisotopic (exact) mass is 254 g/mol. The lowest BCUT2D eigenvalue weighted by Crippen LogP contribution is -2.65. The lowest BCUT2D eigenvalue weighted by atomic mass is 9.76. The molecule has 0 N–H and O–H groups in total. The molecule has 2 heterocycles. The fraction of sp³-hybridized carbons (Fsp3) is 1.00. The van der Waals surface area contributed by atoms with E-state index in [2.05, 4.69) is 30.6 Å². The topological polar surface area (TPSA) is 15.7 Å². The van der Waals surface area contributed by atoms with Gasteiger partial charge in [0, 0.05) is 24.7 Å². The summed E-state index contributed by atoms with van der Waals surface area (Å²) in [5.41, 5.74) is 0.407. The van der Waals surface area contributed by atoms with Gasteiger partial charge < -0.3 is 4.74 Å². The molecule has 0 bridgehead atoms. The third kappa shape index (κ3) is 2.45. The highest BCUT2D eigenvalue weighted by atomic mass is 16.5. The molecule has 2 rings (SSSR count). The van der Waals surface area contributed by atoms with Crippen molar-refractivity contribution in [1.82, 2.24) is 9.80 Å². The highest BCUT2D eigenvalue weighted by molar-refractivity contribution is 5.02. The van der Waals surface area contributed by atoms with Gasteiger partial charge in [-0.15, -0.1) is 0 Å². The molecule has 0 radical (unpaired) electrons. The van der Waals surface area contributed by atoms with Crippen LogP contribution >= 0.6 is 0 Å². The van der Waals surface area contributed by atoms with E-state index in [4.69, 9.17) is 4.74 Å². The summed E-state index contributed by atoms with van der Waals surface area (Å²) in [6, 6.07) is 0.741. The minimum absolute atomic E-state index is 0.407. The molecule has 0 aliphatic carbocycles. The molecule has 18 heavy (non-hydrogen) atoms. The molecule has 2 fully saturated rings. The zero-order chi connectivity index (χ0) is 13.0. The summed E-state index contributed by atoms with van der Waals surface area (Å²) in [5, 5.41) is 0. The first-order valence-corrected chi connectivity index (χ1v) is 7.85. The lowest BCUT2D eigenvalue weighted by Gasteiger charge is -2.55. The van der Waals surface area contributed by atoms with Crippen molar-refractivity contribution >= 4 is 0 Å². The van der Waals surface area contributed by atoms with E-state index < -0.39 is 0 Å². The van der Waals surface area contributed by atoms with Gasteiger partial charge in [0.25, 0.3) is 0 Å². The molecular formula is C15H30N2O. The summed E-state index contributed by atoms with van der Waals surface area (Å²) in [4.78, 5) is 5.45. The Kier molecular flexibility index (Phi) is 5.05. The first-order chi connectivity index (χ1) is 8.78. The fourth-order valence-corrected chi connectivity index (χ4v) is 4.23. The number of nitrogens with zero attached hydrogens (tertiary/aromatic N) is 2.